The van der Waals surface area contributed by atoms with Gasteiger partial charge in [-0.25, -0.2) is 4.39 Å². The Bertz CT molecular complexity index is 1380. The number of nitrogens with zero attached hydrogens (tertiary/aromatic N) is 2. The van der Waals surface area contributed by atoms with E-state index in [0.29, 0.717) is 51.3 Å². The van der Waals surface area contributed by atoms with Crippen molar-refractivity contribution in [2.75, 3.05) is 0 Å². The van der Waals surface area contributed by atoms with Crippen LogP contribution in [0.25, 0.3) is 22.2 Å². The van der Waals surface area contributed by atoms with Crippen molar-refractivity contribution >= 4 is 34.3 Å². The van der Waals surface area contributed by atoms with E-state index < -0.39 is 11.8 Å². The lowest BCUT2D eigenvalue weighted by molar-refractivity contribution is -0.137. The smallest absolute Gasteiger partial charge is 0.304 e. The predicted molar refractivity (Wildman–Crippen MR) is 121 cm³/mol. The van der Waals surface area contributed by atoms with Gasteiger partial charge in [0.05, 0.1) is 17.5 Å². The fraction of sp³-hybridized carbons (Fsp3) is 0.200. The molecule has 0 spiro atoms. The molecule has 3 heterocycles. The van der Waals surface area contributed by atoms with Crippen molar-refractivity contribution in [2.24, 2.45) is 7.05 Å². The maximum Gasteiger partial charge on any atom is 0.304 e. The first kappa shape index (κ1) is 20.5. The van der Waals surface area contributed by atoms with E-state index in [1.165, 1.54) is 12.1 Å². The molecule has 162 valence electrons. The molecule has 0 saturated heterocycles. The van der Waals surface area contributed by atoms with Crippen molar-refractivity contribution in [1.82, 2.24) is 9.13 Å². The van der Waals surface area contributed by atoms with Crippen molar-refractivity contribution in [1.29, 1.82) is 0 Å². The van der Waals surface area contributed by atoms with Gasteiger partial charge in [-0.05, 0) is 55.0 Å². The van der Waals surface area contributed by atoms with E-state index >= 15 is 0 Å². The summed E-state index contributed by atoms with van der Waals surface area (Å²) >= 11 is 6.01. The Balaban J connectivity index is 1.85. The van der Waals surface area contributed by atoms with Crippen molar-refractivity contribution in [2.45, 2.75) is 25.3 Å². The van der Waals surface area contributed by atoms with Gasteiger partial charge in [-0.1, -0.05) is 11.6 Å². The first-order valence-corrected chi connectivity index (χ1v) is 10.7. The van der Waals surface area contributed by atoms with Gasteiger partial charge in [0.25, 0.3) is 0 Å². The minimum atomic E-state index is -0.924. The van der Waals surface area contributed by atoms with Gasteiger partial charge in [0.2, 0.25) is 0 Å². The average molecular weight is 451 g/mol. The molecule has 0 bridgehead atoms. The maximum absolute atomic E-state index is 14.8. The molecule has 2 aromatic heterocycles. The van der Waals surface area contributed by atoms with Crippen LogP contribution in [-0.4, -0.2) is 26.0 Å². The number of hydrogen-bond acceptors (Lipinski definition) is 2. The standard InChI is InChI=1S/C25H20ClFN2O3/c1-28-9-2-3-19(28)18-12-17(27)13-20-22(18)23(25(32)14-4-6-16(26)7-5-14)24-15(11-21(30)31)8-10-29(20)24/h2-7,9,12-13,15H,8,10-11H2,1H3,(H,30,31). The molecule has 1 atom stereocenters. The number of ketones is 1. The number of carbonyl (C=O) groups excluding carboxylic acids is 1. The summed E-state index contributed by atoms with van der Waals surface area (Å²) in [6, 6.07) is 13.2. The normalized spacial score (nSPS) is 15.3. The molecule has 0 aliphatic carbocycles. The van der Waals surface area contributed by atoms with Gasteiger partial charge in [0.15, 0.2) is 5.78 Å². The monoisotopic (exact) mass is 450 g/mol. The molecule has 4 aromatic rings. The topological polar surface area (TPSA) is 64.2 Å². The van der Waals surface area contributed by atoms with Crippen molar-refractivity contribution in [3.05, 3.63) is 82.4 Å². The van der Waals surface area contributed by atoms with Gasteiger partial charge in [-0.2, -0.15) is 0 Å². The Morgan fingerprint density at radius 1 is 1.19 bits per heavy atom. The summed E-state index contributed by atoms with van der Waals surface area (Å²) in [5.41, 5.74) is 3.57. The molecule has 0 amide bonds. The summed E-state index contributed by atoms with van der Waals surface area (Å²) < 4.78 is 18.6. The van der Waals surface area contributed by atoms with Crippen LogP contribution in [0.2, 0.25) is 5.02 Å². The first-order valence-electron chi connectivity index (χ1n) is 10.3. The Morgan fingerprint density at radius 2 is 1.94 bits per heavy atom. The number of carbonyl (C=O) groups is 2. The van der Waals surface area contributed by atoms with E-state index in [-0.39, 0.29) is 18.1 Å². The molecule has 1 aliphatic heterocycles. The summed E-state index contributed by atoms with van der Waals surface area (Å²) in [6.45, 7) is 0.535. The minimum Gasteiger partial charge on any atom is -0.481 e. The van der Waals surface area contributed by atoms with Crippen molar-refractivity contribution in [3.8, 4) is 11.3 Å². The zero-order chi connectivity index (χ0) is 22.6. The second-order valence-corrected chi connectivity index (χ2v) is 8.62. The second kappa shape index (κ2) is 7.64. The van der Waals surface area contributed by atoms with Crippen LogP contribution in [-0.2, 0) is 18.4 Å². The third kappa shape index (κ3) is 3.22. The molecular formula is C25H20ClFN2O3. The minimum absolute atomic E-state index is 0.0841. The molecule has 1 unspecified atom stereocenters. The van der Waals surface area contributed by atoms with Crippen LogP contribution in [0.5, 0.6) is 0 Å². The Hall–Kier alpha value is -3.38. The number of carboxylic acids is 1. The highest BCUT2D eigenvalue weighted by Gasteiger charge is 2.35. The number of fused-ring (bicyclic) bond motifs is 3. The van der Waals surface area contributed by atoms with Crippen LogP contribution < -0.4 is 0 Å². The summed E-state index contributed by atoms with van der Waals surface area (Å²) in [5, 5.41) is 10.6. The molecule has 1 N–H and O–H groups in total. The lowest BCUT2D eigenvalue weighted by Gasteiger charge is -2.12. The molecule has 1 aliphatic rings. The van der Waals surface area contributed by atoms with Crippen LogP contribution in [0.4, 0.5) is 4.39 Å². The summed E-state index contributed by atoms with van der Waals surface area (Å²) in [4.78, 5) is 25.4. The largest absolute Gasteiger partial charge is 0.481 e. The number of aryl methyl sites for hydroxylation is 2. The van der Waals surface area contributed by atoms with Crippen LogP contribution in [0, 0.1) is 5.82 Å². The third-order valence-corrected chi connectivity index (χ3v) is 6.48. The molecule has 2 aromatic carbocycles. The number of hydrogen-bond donors (Lipinski definition) is 1. The van der Waals surface area contributed by atoms with Crippen LogP contribution in [0.15, 0.2) is 54.7 Å². The van der Waals surface area contributed by atoms with E-state index in [1.54, 1.807) is 24.3 Å². The molecule has 0 radical (unpaired) electrons. The molecule has 0 saturated carbocycles. The Kier molecular flexibility index (Phi) is 4.90. The lowest BCUT2D eigenvalue weighted by atomic mass is 9.90. The number of aromatic nitrogens is 2. The van der Waals surface area contributed by atoms with Gasteiger partial charge in [-0.3, -0.25) is 9.59 Å². The molecule has 5 rings (SSSR count). The van der Waals surface area contributed by atoms with Crippen molar-refractivity contribution < 1.29 is 19.1 Å². The van der Waals surface area contributed by atoms with E-state index in [2.05, 4.69) is 0 Å². The van der Waals surface area contributed by atoms with Gasteiger partial charge in [0.1, 0.15) is 5.82 Å². The molecule has 7 heteroatoms. The maximum atomic E-state index is 14.8. The van der Waals surface area contributed by atoms with Crippen LogP contribution in [0.1, 0.15) is 40.4 Å². The molecule has 0 fully saturated rings. The van der Waals surface area contributed by atoms with E-state index in [0.717, 1.165) is 5.69 Å². The van der Waals surface area contributed by atoms with Gasteiger partial charge in [0, 0.05) is 58.6 Å². The number of benzene rings is 2. The highest BCUT2D eigenvalue weighted by atomic mass is 35.5. The Labute approximate surface area is 188 Å². The van der Waals surface area contributed by atoms with Crippen LogP contribution in [0.3, 0.4) is 0 Å². The summed E-state index contributed by atoms with van der Waals surface area (Å²) in [6.07, 6.45) is 2.37. The number of aliphatic carboxylic acids is 1. The predicted octanol–water partition coefficient (Wildman–Crippen LogP) is 5.63. The fourth-order valence-electron chi connectivity index (χ4n) is 4.88. The van der Waals surface area contributed by atoms with Crippen molar-refractivity contribution in [3.63, 3.8) is 0 Å². The number of halogens is 2. The number of carboxylic acid groups (broad SMARTS) is 1. The van der Waals surface area contributed by atoms with Crippen LogP contribution >= 0.6 is 11.6 Å². The van der Waals surface area contributed by atoms with E-state index in [1.807, 2.05) is 34.5 Å². The van der Waals surface area contributed by atoms with E-state index in [4.69, 9.17) is 11.6 Å². The quantitative estimate of drug-likeness (QED) is 0.400. The molecular weight excluding hydrogens is 431 g/mol. The van der Waals surface area contributed by atoms with E-state index in [9.17, 15) is 19.1 Å². The lowest BCUT2D eigenvalue weighted by Crippen LogP contribution is -2.10. The van der Waals surface area contributed by atoms with Gasteiger partial charge in [-0.15, -0.1) is 0 Å². The van der Waals surface area contributed by atoms with Gasteiger partial charge < -0.3 is 14.2 Å². The molecule has 32 heavy (non-hydrogen) atoms. The SMILES string of the molecule is Cn1cccc1-c1cc(F)cc2c1c(C(=O)c1ccc(Cl)cc1)c1n2CCC1CC(=O)O. The van der Waals surface area contributed by atoms with Gasteiger partial charge >= 0.3 is 5.97 Å². The fourth-order valence-corrected chi connectivity index (χ4v) is 5.00. The Morgan fingerprint density at radius 3 is 2.59 bits per heavy atom. The summed E-state index contributed by atoms with van der Waals surface area (Å²) in [5.74, 6) is -1.87. The second-order valence-electron chi connectivity index (χ2n) is 8.18. The average Bonchev–Trinajstić information content (AvgIpc) is 3.43. The number of rotatable bonds is 5. The molecule has 5 nitrogen and oxygen atoms in total. The highest BCUT2D eigenvalue weighted by molar-refractivity contribution is 6.30. The zero-order valence-corrected chi connectivity index (χ0v) is 18.1. The first-order chi connectivity index (χ1) is 15.3. The third-order valence-electron chi connectivity index (χ3n) is 6.23. The summed E-state index contributed by atoms with van der Waals surface area (Å²) in [7, 11) is 1.86. The zero-order valence-electron chi connectivity index (χ0n) is 17.3. The highest BCUT2D eigenvalue weighted by Crippen LogP contribution is 2.44.